The Morgan fingerprint density at radius 1 is 0.625 bits per heavy atom. The molecule has 0 fully saturated rings. The maximum absolute atomic E-state index is 6.19. The van der Waals surface area contributed by atoms with Gasteiger partial charge in [0.25, 0.3) is 0 Å². The number of aromatic nitrogens is 1. The monoisotopic (exact) mass is 627 g/mol. The Morgan fingerprint density at radius 3 is 1.81 bits per heavy atom. The lowest BCUT2D eigenvalue weighted by molar-refractivity contribution is 0.228. The Hall–Kier alpha value is -6.56. The third-order valence-corrected chi connectivity index (χ3v) is 8.30. The third kappa shape index (κ3) is 5.66. The smallest absolute Gasteiger partial charge is 0.484 e. The van der Waals surface area contributed by atoms with Gasteiger partial charge in [0.2, 0.25) is 5.89 Å². The van der Waals surface area contributed by atoms with E-state index in [2.05, 4.69) is 63.1 Å². The average molecular weight is 628 g/mol. The van der Waals surface area contributed by atoms with Gasteiger partial charge in [-0.05, 0) is 110 Å². The van der Waals surface area contributed by atoms with Crippen LogP contribution in [0.3, 0.4) is 0 Å². The molecule has 0 bridgehead atoms. The van der Waals surface area contributed by atoms with Gasteiger partial charge < -0.3 is 24.5 Å². The molecule has 0 amide bonds. The van der Waals surface area contributed by atoms with E-state index in [1.165, 1.54) is 0 Å². The molecule has 7 nitrogen and oxygen atoms in total. The Kier molecular flexibility index (Phi) is 7.42. The average Bonchev–Trinajstić information content (AvgIpc) is 3.55. The van der Waals surface area contributed by atoms with Crippen LogP contribution >= 0.6 is 0 Å². The van der Waals surface area contributed by atoms with E-state index in [9.17, 15) is 0 Å². The lowest BCUT2D eigenvalue weighted by atomic mass is 10.1. The van der Waals surface area contributed by atoms with Gasteiger partial charge in [-0.25, -0.2) is 4.98 Å². The van der Waals surface area contributed by atoms with Crippen LogP contribution in [0.2, 0.25) is 0 Å². The predicted molar refractivity (Wildman–Crippen MR) is 192 cm³/mol. The number of anilines is 4. The van der Waals surface area contributed by atoms with Crippen LogP contribution in [0, 0.1) is 0 Å². The van der Waals surface area contributed by atoms with Crippen LogP contribution in [0.25, 0.3) is 22.6 Å². The molecule has 0 aliphatic carbocycles. The maximum atomic E-state index is 6.19. The van der Waals surface area contributed by atoms with Crippen LogP contribution in [0.1, 0.15) is 29.7 Å². The first-order valence-electron chi connectivity index (χ1n) is 15.8. The Balaban J connectivity index is 1.11. The summed E-state index contributed by atoms with van der Waals surface area (Å²) in [7, 11) is 0. The second kappa shape index (κ2) is 12.3. The molecule has 6 aromatic carbocycles. The zero-order valence-electron chi connectivity index (χ0n) is 26.2. The van der Waals surface area contributed by atoms with E-state index in [1.807, 2.05) is 110 Å². The molecule has 1 aliphatic heterocycles. The fraction of sp³-hybridized carbons (Fsp3) is 0.0488. The van der Waals surface area contributed by atoms with Crippen molar-refractivity contribution in [3.63, 3.8) is 0 Å². The van der Waals surface area contributed by atoms with E-state index in [0.717, 1.165) is 50.4 Å². The van der Waals surface area contributed by atoms with Gasteiger partial charge in [0.05, 0.1) is 5.69 Å². The van der Waals surface area contributed by atoms with E-state index in [0.29, 0.717) is 29.1 Å². The highest BCUT2D eigenvalue weighted by molar-refractivity contribution is 6.14. The minimum Gasteiger partial charge on any atom is -0.484 e. The van der Waals surface area contributed by atoms with Gasteiger partial charge in [-0.3, -0.25) is 0 Å². The van der Waals surface area contributed by atoms with Crippen molar-refractivity contribution in [2.75, 3.05) is 10.6 Å². The summed E-state index contributed by atoms with van der Waals surface area (Å²) in [6.07, 6.45) is -0.187. The Labute approximate surface area is 277 Å². The van der Waals surface area contributed by atoms with E-state index in [4.69, 9.17) is 19.6 Å². The van der Waals surface area contributed by atoms with Gasteiger partial charge in [-0.2, -0.15) is 0 Å². The molecule has 0 spiro atoms. The van der Waals surface area contributed by atoms with E-state index >= 15 is 0 Å². The number of hydrogen-bond acceptors (Lipinski definition) is 6. The molecule has 2 N–H and O–H groups in total. The number of benzene rings is 6. The maximum Gasteiger partial charge on any atom is 0.510 e. The fourth-order valence-electron chi connectivity index (χ4n) is 5.71. The lowest BCUT2D eigenvalue weighted by Crippen LogP contribution is -2.29. The zero-order valence-corrected chi connectivity index (χ0v) is 26.2. The standard InChI is InChI=1S/C41H31N4O3/c1-27(46-37-13-7-5-11-35(37)42)28-15-21-32(22-16-28)45(33-23-17-30(18-24-33)39-43-36-12-6-8-14-38(36)47-39)34-25-19-31(20-26-34)41-44-40(48-41)29-9-3-2-4-10-29/h2-27H,42H2,1H3/q+1. The summed E-state index contributed by atoms with van der Waals surface area (Å²) in [5.41, 5.74) is 15.1. The molecule has 7 aromatic rings. The largest absolute Gasteiger partial charge is 0.510 e. The quantitative estimate of drug-likeness (QED) is 0.127. The SMILES string of the molecule is CC(Oc1ccccc1N)c1ccc(N(c2ccc(C3=[N+]=C(c4ccccc4)O3)cc2)c2ccc(-c3nc4ccccc4o3)cc2)cc1. The molecule has 1 aliphatic rings. The van der Waals surface area contributed by atoms with Crippen LogP contribution in [0.4, 0.5) is 22.7 Å². The number of rotatable bonds is 9. The zero-order chi connectivity index (χ0) is 32.5. The third-order valence-electron chi connectivity index (χ3n) is 8.30. The molecular weight excluding hydrogens is 596 g/mol. The summed E-state index contributed by atoms with van der Waals surface area (Å²) in [4.78, 5) is 6.88. The highest BCUT2D eigenvalue weighted by Gasteiger charge is 2.35. The van der Waals surface area contributed by atoms with Gasteiger partial charge in [-0.15, -0.1) is 0 Å². The predicted octanol–water partition coefficient (Wildman–Crippen LogP) is 8.98. The molecule has 2 heterocycles. The molecule has 8 rings (SSSR count). The highest BCUT2D eigenvalue weighted by Crippen LogP contribution is 2.37. The van der Waals surface area contributed by atoms with Crippen molar-refractivity contribution in [1.82, 2.24) is 9.65 Å². The molecule has 0 radical (unpaired) electrons. The second-order valence-corrected chi connectivity index (χ2v) is 11.5. The van der Waals surface area contributed by atoms with Crippen molar-refractivity contribution >= 4 is 45.6 Å². The van der Waals surface area contributed by atoms with Gasteiger partial charge in [0.1, 0.15) is 28.5 Å². The van der Waals surface area contributed by atoms with Crippen molar-refractivity contribution in [2.24, 2.45) is 0 Å². The van der Waals surface area contributed by atoms with E-state index < -0.39 is 0 Å². The lowest BCUT2D eigenvalue weighted by Gasteiger charge is -2.26. The van der Waals surface area contributed by atoms with Gasteiger partial charge in [0.15, 0.2) is 5.58 Å². The van der Waals surface area contributed by atoms with E-state index in [-0.39, 0.29) is 6.10 Å². The van der Waals surface area contributed by atoms with Gasteiger partial charge in [-0.1, -0.05) is 54.6 Å². The molecule has 0 saturated carbocycles. The molecule has 1 unspecified atom stereocenters. The van der Waals surface area contributed by atoms with Crippen LogP contribution in [0.15, 0.2) is 156 Å². The van der Waals surface area contributed by atoms with Crippen molar-refractivity contribution in [2.45, 2.75) is 13.0 Å². The molecule has 0 saturated heterocycles. The minimum absolute atomic E-state index is 0.187. The molecule has 1 atom stereocenters. The van der Waals surface area contributed by atoms with Crippen molar-refractivity contribution < 1.29 is 13.9 Å². The number of fused-ring (bicyclic) bond motifs is 1. The Bertz CT molecular complexity index is 2260. The Morgan fingerprint density at radius 2 is 1.17 bits per heavy atom. The number of nitrogen functional groups attached to an aromatic ring is 1. The summed E-state index contributed by atoms with van der Waals surface area (Å²) in [6, 6.07) is 50.1. The second-order valence-electron chi connectivity index (χ2n) is 11.5. The number of ether oxygens (including phenoxy) is 2. The summed E-state index contributed by atoms with van der Waals surface area (Å²) in [5.74, 6) is 2.49. The minimum atomic E-state index is -0.187. The molecule has 232 valence electrons. The number of nitrogens with two attached hydrogens (primary N) is 1. The van der Waals surface area contributed by atoms with E-state index in [1.54, 1.807) is 0 Å². The highest BCUT2D eigenvalue weighted by atomic mass is 16.5. The number of hydrogen-bond donors (Lipinski definition) is 1. The molecular formula is C41H31N4O3+. The number of para-hydroxylation sites is 4. The number of nitrogens with zero attached hydrogens (tertiary/aromatic N) is 3. The topological polar surface area (TPSA) is 87.9 Å². The fourth-order valence-corrected chi connectivity index (χ4v) is 5.71. The normalized spacial score (nSPS) is 12.8. The van der Waals surface area contributed by atoms with Crippen LogP contribution in [-0.2, 0) is 4.74 Å². The molecule has 48 heavy (non-hydrogen) atoms. The van der Waals surface area contributed by atoms with Crippen molar-refractivity contribution in [3.8, 4) is 17.2 Å². The van der Waals surface area contributed by atoms with Crippen LogP contribution < -0.4 is 20.0 Å². The van der Waals surface area contributed by atoms with Crippen molar-refractivity contribution in [3.05, 3.63) is 168 Å². The first-order chi connectivity index (χ1) is 23.6. The van der Waals surface area contributed by atoms with Crippen molar-refractivity contribution in [1.29, 1.82) is 0 Å². The van der Waals surface area contributed by atoms with Crippen LogP contribution in [0.5, 0.6) is 5.75 Å². The first-order valence-corrected chi connectivity index (χ1v) is 15.8. The summed E-state index contributed by atoms with van der Waals surface area (Å²) < 4.78 is 22.8. The summed E-state index contributed by atoms with van der Waals surface area (Å²) in [5, 5.41) is 0. The first kappa shape index (κ1) is 28.9. The van der Waals surface area contributed by atoms with Gasteiger partial charge >= 0.3 is 11.8 Å². The molecule has 1 aromatic heterocycles. The number of oxazole rings is 1. The van der Waals surface area contributed by atoms with Gasteiger partial charge in [0, 0.05) is 27.3 Å². The summed E-state index contributed by atoms with van der Waals surface area (Å²) >= 11 is 0. The molecule has 7 heteroatoms. The van der Waals surface area contributed by atoms with Crippen LogP contribution in [-0.4, -0.2) is 16.8 Å². The summed E-state index contributed by atoms with van der Waals surface area (Å²) in [6.45, 7) is 2.02.